The Bertz CT molecular complexity index is 1580. The van der Waals surface area contributed by atoms with Crippen molar-refractivity contribution in [3.63, 3.8) is 0 Å². The third kappa shape index (κ3) is 6.72. The normalized spacial score (nSPS) is 25.1. The molecule has 0 spiro atoms. The first-order valence-electron chi connectivity index (χ1n) is 15.8. The highest BCUT2D eigenvalue weighted by molar-refractivity contribution is 5.92. The average molecular weight is 652 g/mol. The number of likely N-dealkylation sites (N-methyl/N-ethyl adjacent to an activating group) is 1. The molecule has 0 bridgehead atoms. The number of hydrogen-bond donors (Lipinski definition) is 2. The van der Waals surface area contributed by atoms with Gasteiger partial charge in [0, 0.05) is 56.9 Å². The number of rotatable bonds is 8. The van der Waals surface area contributed by atoms with E-state index in [1.165, 1.54) is 15.4 Å². The highest BCUT2D eigenvalue weighted by Gasteiger charge is 2.45. The van der Waals surface area contributed by atoms with E-state index in [-0.39, 0.29) is 56.1 Å². The van der Waals surface area contributed by atoms with Crippen molar-refractivity contribution in [2.45, 2.75) is 82.5 Å². The van der Waals surface area contributed by atoms with Gasteiger partial charge in [-0.05, 0) is 58.2 Å². The first-order chi connectivity index (χ1) is 21.8. The topological polar surface area (TPSA) is 122 Å². The Morgan fingerprint density at radius 1 is 1.20 bits per heavy atom. The fourth-order valence-electron chi connectivity index (χ4n) is 7.04. The van der Waals surface area contributed by atoms with Gasteiger partial charge >= 0.3 is 6.18 Å². The number of halogens is 5. The van der Waals surface area contributed by atoms with Gasteiger partial charge in [0.2, 0.25) is 11.8 Å². The van der Waals surface area contributed by atoms with Crippen molar-refractivity contribution in [1.82, 2.24) is 44.9 Å². The van der Waals surface area contributed by atoms with E-state index >= 15 is 0 Å². The number of nitrogens with zero attached hydrogens (tertiary/aromatic N) is 7. The third-order valence-electron chi connectivity index (χ3n) is 9.66. The lowest BCUT2D eigenvalue weighted by atomic mass is 9.81. The fourth-order valence-corrected chi connectivity index (χ4v) is 7.04. The lowest BCUT2D eigenvalue weighted by Crippen LogP contribution is -2.47. The second-order valence-electron chi connectivity index (χ2n) is 12.9. The Labute approximate surface area is 262 Å². The van der Waals surface area contributed by atoms with Crippen LogP contribution in [0.4, 0.5) is 22.0 Å². The van der Waals surface area contributed by atoms with Gasteiger partial charge < -0.3 is 15.5 Å². The molecule has 3 aliphatic rings. The molecule has 250 valence electrons. The average Bonchev–Trinajstić information content (AvgIpc) is 3.75. The van der Waals surface area contributed by atoms with Gasteiger partial charge in [0.25, 0.3) is 11.7 Å². The second-order valence-corrected chi connectivity index (χ2v) is 12.9. The number of carbonyl (C=O) groups is 2. The highest BCUT2D eigenvalue weighted by atomic mass is 19.4. The summed E-state index contributed by atoms with van der Waals surface area (Å²) in [6.07, 6.45) is -1.24. The number of hydrogen-bond acceptors (Lipinski definition) is 7. The minimum atomic E-state index is -4.44. The smallest absolute Gasteiger partial charge is 0.355 e. The molecule has 11 nitrogen and oxygen atoms in total. The van der Waals surface area contributed by atoms with Crippen LogP contribution in [-0.2, 0) is 17.8 Å². The zero-order chi connectivity index (χ0) is 32.8. The largest absolute Gasteiger partial charge is 0.393 e. The number of aryl methyl sites for hydroxylation is 1. The van der Waals surface area contributed by atoms with Gasteiger partial charge in [0.15, 0.2) is 0 Å². The molecule has 3 fully saturated rings. The number of piperidine rings is 1. The summed E-state index contributed by atoms with van der Waals surface area (Å²) < 4.78 is 72.0. The number of aromatic nitrogens is 6. The van der Waals surface area contributed by atoms with E-state index in [1.54, 1.807) is 12.3 Å². The number of likely N-dealkylation sites (tertiary alicyclic amines) is 1. The minimum Gasteiger partial charge on any atom is -0.355 e. The maximum atomic E-state index is 14.1. The van der Waals surface area contributed by atoms with Crippen molar-refractivity contribution in [1.29, 1.82) is 0 Å². The summed E-state index contributed by atoms with van der Waals surface area (Å²) in [5.74, 6) is -6.40. The Hall–Kier alpha value is -3.69. The number of imidazole rings is 1. The van der Waals surface area contributed by atoms with Crippen LogP contribution >= 0.6 is 0 Å². The van der Waals surface area contributed by atoms with Crippen molar-refractivity contribution >= 4 is 17.6 Å². The van der Waals surface area contributed by atoms with E-state index in [2.05, 4.69) is 20.6 Å². The molecule has 46 heavy (non-hydrogen) atoms. The lowest BCUT2D eigenvalue weighted by molar-refractivity contribution is -0.183. The summed E-state index contributed by atoms with van der Waals surface area (Å²) in [5, 5.41) is 14.3. The number of nitrogens with one attached hydrogen (secondary N) is 2. The molecule has 2 amide bonds. The van der Waals surface area contributed by atoms with E-state index in [0.717, 1.165) is 13.0 Å². The van der Waals surface area contributed by atoms with E-state index < -0.39 is 48.3 Å². The van der Waals surface area contributed by atoms with Gasteiger partial charge in [-0.1, -0.05) is 0 Å². The van der Waals surface area contributed by atoms with E-state index in [9.17, 15) is 31.5 Å². The number of fused-ring (bicyclic) bond motifs is 1. The number of alkyl halides is 5. The van der Waals surface area contributed by atoms with Crippen molar-refractivity contribution in [2.75, 3.05) is 26.7 Å². The Morgan fingerprint density at radius 3 is 2.63 bits per heavy atom. The van der Waals surface area contributed by atoms with Crippen LogP contribution in [0.5, 0.6) is 0 Å². The first kappa shape index (κ1) is 32.3. The van der Waals surface area contributed by atoms with Crippen molar-refractivity contribution in [3.05, 3.63) is 41.2 Å². The van der Waals surface area contributed by atoms with Gasteiger partial charge in [0.05, 0.1) is 35.2 Å². The van der Waals surface area contributed by atoms with Gasteiger partial charge in [0.1, 0.15) is 5.69 Å². The molecule has 0 aromatic carbocycles. The van der Waals surface area contributed by atoms with Crippen molar-refractivity contribution in [3.8, 4) is 0 Å². The summed E-state index contributed by atoms with van der Waals surface area (Å²) in [6, 6.07) is 0.855. The molecule has 6 rings (SSSR count). The highest BCUT2D eigenvalue weighted by Crippen LogP contribution is 2.42. The molecule has 0 radical (unpaired) electrons. The Morgan fingerprint density at radius 2 is 1.96 bits per heavy atom. The molecule has 3 aromatic rings. The third-order valence-corrected chi connectivity index (χ3v) is 9.66. The maximum absolute atomic E-state index is 14.1. The molecule has 16 heteroatoms. The molecule has 3 aromatic heterocycles. The van der Waals surface area contributed by atoms with Gasteiger partial charge in [-0.25, -0.2) is 23.3 Å². The number of amides is 2. The van der Waals surface area contributed by atoms with Crippen LogP contribution in [0.25, 0.3) is 5.78 Å². The minimum absolute atomic E-state index is 0.0245. The van der Waals surface area contributed by atoms with Crippen LogP contribution in [0.15, 0.2) is 18.5 Å². The quantitative estimate of drug-likeness (QED) is 0.354. The predicted molar refractivity (Wildman–Crippen MR) is 155 cm³/mol. The first-order valence-corrected chi connectivity index (χ1v) is 15.8. The Balaban J connectivity index is 1.36. The second kappa shape index (κ2) is 12.5. The van der Waals surface area contributed by atoms with Crippen molar-refractivity contribution < 1.29 is 31.5 Å². The van der Waals surface area contributed by atoms with Crippen LogP contribution in [0.2, 0.25) is 0 Å². The molecule has 1 unspecified atom stereocenters. The van der Waals surface area contributed by atoms with Crippen LogP contribution < -0.4 is 10.6 Å². The molecular weight excluding hydrogens is 613 g/mol. The fraction of sp³-hybridized carbons (Fsp3) is 0.667. The van der Waals surface area contributed by atoms with E-state index in [4.69, 9.17) is 15.1 Å². The van der Waals surface area contributed by atoms with Crippen LogP contribution in [0.1, 0.15) is 85.0 Å². The molecular formula is C30H38F5N9O2. The van der Waals surface area contributed by atoms with Crippen LogP contribution in [0.3, 0.4) is 0 Å². The zero-order valence-corrected chi connectivity index (χ0v) is 25.7. The van der Waals surface area contributed by atoms with Gasteiger partial charge in [-0.3, -0.25) is 14.3 Å². The molecule has 1 saturated carbocycles. The summed E-state index contributed by atoms with van der Waals surface area (Å²) in [6.45, 7) is 3.32. The molecule has 2 N–H and O–H groups in total. The van der Waals surface area contributed by atoms with Gasteiger partial charge in [-0.15, -0.1) is 0 Å². The SMILES string of the molecule is CCn1nccc1C(=O)N[C@H](c1cn2nc(C[C@H]3C[C@@H](C(F)(F)F)CNC3=O)c(C3CCN(C)C3)nc2n1)C1CCC(F)(F)CC1. The molecule has 1 aliphatic carbocycles. The van der Waals surface area contributed by atoms with Gasteiger partial charge in [-0.2, -0.15) is 23.4 Å². The molecule has 4 atom stereocenters. The standard InChI is InChI=1S/C30H38F5N9O2/c1-3-43-23(6-10-37-43)27(46)39-24(17-4-8-29(31,32)9-5-17)22-16-44-28(38-22)40-25(18-7-11-42(2)15-18)21(41-44)13-19-12-20(30(33,34)35)14-36-26(19)45/h6,10,16-20,24H,3-5,7-9,11-15H2,1-2H3,(H,36,45)(H,39,46)/t18?,19-,20-,24+/m1/s1. The van der Waals surface area contributed by atoms with E-state index in [0.29, 0.717) is 35.9 Å². The van der Waals surface area contributed by atoms with Crippen LogP contribution in [0, 0.1) is 17.8 Å². The van der Waals surface area contributed by atoms with E-state index in [1.807, 2.05) is 14.0 Å². The zero-order valence-electron chi connectivity index (χ0n) is 25.7. The molecule has 2 saturated heterocycles. The predicted octanol–water partition coefficient (Wildman–Crippen LogP) is 3.91. The molecule has 5 heterocycles. The summed E-state index contributed by atoms with van der Waals surface area (Å²) in [4.78, 5) is 37.8. The van der Waals surface area contributed by atoms with Crippen LogP contribution in [-0.4, -0.2) is 84.9 Å². The summed E-state index contributed by atoms with van der Waals surface area (Å²) in [5.41, 5.74) is 1.72. The maximum Gasteiger partial charge on any atom is 0.393 e. The Kier molecular flexibility index (Phi) is 8.76. The number of carbonyl (C=O) groups excluding carboxylic acids is 2. The molecule has 2 aliphatic heterocycles. The monoisotopic (exact) mass is 651 g/mol. The summed E-state index contributed by atoms with van der Waals surface area (Å²) in [7, 11) is 1.97. The van der Waals surface area contributed by atoms with Crippen molar-refractivity contribution in [2.24, 2.45) is 17.8 Å². The lowest BCUT2D eigenvalue weighted by Gasteiger charge is -2.33. The summed E-state index contributed by atoms with van der Waals surface area (Å²) >= 11 is 0.